The number of hydrogen-bond donors (Lipinski definition) is 2. The van der Waals surface area contributed by atoms with Crippen molar-refractivity contribution in [2.45, 2.75) is 13.8 Å². The van der Waals surface area contributed by atoms with E-state index in [1.165, 1.54) is 0 Å². The number of imidazole rings is 1. The predicted molar refractivity (Wildman–Crippen MR) is 89.8 cm³/mol. The lowest BCUT2D eigenvalue weighted by atomic mass is 10.3. The quantitative estimate of drug-likeness (QED) is 0.458. The zero-order valence-corrected chi connectivity index (χ0v) is 13.0. The fourth-order valence-electron chi connectivity index (χ4n) is 2.01. The number of rotatable bonds is 7. The molecule has 22 heavy (non-hydrogen) atoms. The van der Waals surface area contributed by atoms with Crippen LogP contribution in [-0.4, -0.2) is 24.7 Å². The topological polar surface area (TPSA) is 62.2 Å². The van der Waals surface area contributed by atoms with E-state index in [2.05, 4.69) is 27.9 Å². The molecule has 0 spiro atoms. The van der Waals surface area contributed by atoms with E-state index in [1.807, 2.05) is 59.9 Å². The standard InChI is InChI=1S/C15H22N6.CH4/c1-16-9-4-10-17-13-5-7-14(8-6-13)18-19-15-20(2)11-12-21(15)3;/h5-8,11-12,16H,4,9-10H2,1-3H3;1H4/p+2. The number of azo groups is 1. The molecule has 3 N–H and O–H groups in total. The molecule has 6 heteroatoms. The summed E-state index contributed by atoms with van der Waals surface area (Å²) >= 11 is 0. The van der Waals surface area contributed by atoms with Crippen molar-refractivity contribution in [2.24, 2.45) is 24.3 Å². The zero-order valence-electron chi connectivity index (χ0n) is 13.0. The van der Waals surface area contributed by atoms with Gasteiger partial charge in [-0.15, -0.1) is 0 Å². The number of nitrogens with one attached hydrogen (secondary N) is 1. The van der Waals surface area contributed by atoms with Crippen molar-refractivity contribution in [3.05, 3.63) is 36.7 Å². The van der Waals surface area contributed by atoms with Gasteiger partial charge in [0.2, 0.25) is 0 Å². The molecule has 0 atom stereocenters. The first kappa shape index (κ1) is 17.8. The summed E-state index contributed by atoms with van der Waals surface area (Å²) in [5.74, 6) is 0.813. The van der Waals surface area contributed by atoms with Gasteiger partial charge in [0.1, 0.15) is 5.69 Å². The Hall–Kier alpha value is -2.21. The van der Waals surface area contributed by atoms with Gasteiger partial charge in [-0.2, -0.15) is 0 Å². The second kappa shape index (κ2) is 8.94. The van der Waals surface area contributed by atoms with Gasteiger partial charge in [-0.25, -0.2) is 9.13 Å². The molecule has 0 amide bonds. The van der Waals surface area contributed by atoms with Crippen LogP contribution in [0.5, 0.6) is 0 Å². The second-order valence-electron chi connectivity index (χ2n) is 5.04. The summed E-state index contributed by atoms with van der Waals surface area (Å²) in [6, 6.07) is 8.02. The van der Waals surface area contributed by atoms with Crippen LogP contribution >= 0.6 is 0 Å². The number of benzene rings is 1. The van der Waals surface area contributed by atoms with Gasteiger partial charge in [0.25, 0.3) is 0 Å². The first-order chi connectivity index (χ1) is 10.2. The van der Waals surface area contributed by atoms with E-state index >= 15 is 0 Å². The lowest BCUT2D eigenvalue weighted by Crippen LogP contribution is -2.79. The maximum Gasteiger partial charge on any atom is 0.421 e. The zero-order chi connectivity index (χ0) is 15.1. The number of quaternary nitrogens is 1. The molecule has 2 rings (SSSR count). The van der Waals surface area contributed by atoms with Crippen LogP contribution in [0.1, 0.15) is 13.8 Å². The van der Waals surface area contributed by atoms with Crippen molar-refractivity contribution in [1.82, 2.24) is 4.57 Å². The van der Waals surface area contributed by atoms with Gasteiger partial charge in [-0.1, -0.05) is 12.5 Å². The summed E-state index contributed by atoms with van der Waals surface area (Å²) in [4.78, 5) is 0. The highest BCUT2D eigenvalue weighted by Crippen LogP contribution is 2.18. The minimum atomic E-state index is 0. The van der Waals surface area contributed by atoms with Crippen LogP contribution in [0.4, 0.5) is 17.3 Å². The summed E-state index contributed by atoms with van der Waals surface area (Å²) in [6.45, 7) is 2.14. The minimum Gasteiger partial charge on any atom is -0.385 e. The maximum absolute atomic E-state index is 4.28. The van der Waals surface area contributed by atoms with Gasteiger partial charge in [0.05, 0.1) is 40.1 Å². The Bertz CT molecular complexity index is 566. The molecule has 0 saturated heterocycles. The molecular formula is C16H28N6+2. The molecule has 0 aliphatic carbocycles. The number of hydrogen-bond acceptors (Lipinski definition) is 3. The van der Waals surface area contributed by atoms with E-state index in [9.17, 15) is 0 Å². The van der Waals surface area contributed by atoms with Gasteiger partial charge < -0.3 is 10.6 Å². The van der Waals surface area contributed by atoms with Crippen LogP contribution in [0.2, 0.25) is 0 Å². The van der Waals surface area contributed by atoms with Crippen LogP contribution in [0.3, 0.4) is 0 Å². The van der Waals surface area contributed by atoms with Crippen LogP contribution < -0.4 is 15.2 Å². The van der Waals surface area contributed by atoms with E-state index in [0.717, 1.165) is 36.8 Å². The van der Waals surface area contributed by atoms with Crippen molar-refractivity contribution >= 4 is 17.3 Å². The Kier molecular flexibility index (Phi) is 7.25. The molecular weight excluding hydrogens is 276 g/mol. The van der Waals surface area contributed by atoms with E-state index in [4.69, 9.17) is 0 Å². The SMILES string of the molecule is C.C[NH2+]CCCNc1ccc(N=Nc2n(C)cc[n+]2C)cc1. The van der Waals surface area contributed by atoms with E-state index in [1.54, 1.807) is 0 Å². The highest BCUT2D eigenvalue weighted by atomic mass is 15.3. The molecule has 1 heterocycles. The van der Waals surface area contributed by atoms with Crippen molar-refractivity contribution in [3.8, 4) is 0 Å². The van der Waals surface area contributed by atoms with Crippen LogP contribution in [-0.2, 0) is 14.1 Å². The summed E-state index contributed by atoms with van der Waals surface area (Å²) in [6.07, 6.45) is 5.06. The normalized spacial score (nSPS) is 10.7. The summed E-state index contributed by atoms with van der Waals surface area (Å²) in [5, 5.41) is 14.1. The highest BCUT2D eigenvalue weighted by Gasteiger charge is 2.09. The molecule has 120 valence electrons. The molecule has 0 aliphatic rings. The monoisotopic (exact) mass is 304 g/mol. The lowest BCUT2D eigenvalue weighted by molar-refractivity contribution is -0.657. The number of nitrogens with two attached hydrogens (primary N) is 1. The van der Waals surface area contributed by atoms with Crippen LogP contribution in [0, 0.1) is 0 Å². The maximum atomic E-state index is 4.28. The summed E-state index contributed by atoms with van der Waals surface area (Å²) in [7, 11) is 6.00. The molecule has 1 aromatic heterocycles. The highest BCUT2D eigenvalue weighted by molar-refractivity contribution is 5.50. The Morgan fingerprint density at radius 3 is 2.55 bits per heavy atom. The van der Waals surface area contributed by atoms with Gasteiger partial charge in [0, 0.05) is 23.8 Å². The molecule has 0 saturated carbocycles. The Labute approximate surface area is 132 Å². The Morgan fingerprint density at radius 1 is 1.23 bits per heavy atom. The molecule has 0 bridgehead atoms. The van der Waals surface area contributed by atoms with Gasteiger partial charge in [-0.05, 0) is 24.3 Å². The molecule has 0 aliphatic heterocycles. The van der Waals surface area contributed by atoms with Crippen molar-refractivity contribution < 1.29 is 9.88 Å². The number of nitrogens with zero attached hydrogens (tertiary/aromatic N) is 4. The third-order valence-electron chi connectivity index (χ3n) is 3.27. The fourth-order valence-corrected chi connectivity index (χ4v) is 2.01. The third kappa shape index (κ3) is 4.96. The average Bonchev–Trinajstić information content (AvgIpc) is 2.82. The average molecular weight is 304 g/mol. The van der Waals surface area contributed by atoms with Gasteiger partial charge in [0.15, 0.2) is 0 Å². The van der Waals surface area contributed by atoms with E-state index < -0.39 is 0 Å². The number of aryl methyl sites for hydroxylation is 2. The molecule has 0 fully saturated rings. The van der Waals surface area contributed by atoms with Gasteiger partial charge in [-0.3, -0.25) is 0 Å². The van der Waals surface area contributed by atoms with Gasteiger partial charge >= 0.3 is 5.95 Å². The lowest BCUT2D eigenvalue weighted by Gasteiger charge is -2.04. The fraction of sp³-hybridized carbons (Fsp3) is 0.438. The molecule has 0 radical (unpaired) electrons. The summed E-state index contributed by atoms with van der Waals surface area (Å²) < 4.78 is 3.87. The first-order valence-corrected chi connectivity index (χ1v) is 7.25. The van der Waals surface area contributed by atoms with Crippen molar-refractivity contribution in [2.75, 3.05) is 25.5 Å². The van der Waals surface area contributed by atoms with E-state index in [-0.39, 0.29) is 7.43 Å². The number of aromatic nitrogens is 2. The Balaban J connectivity index is 0.00000242. The Morgan fingerprint density at radius 2 is 1.95 bits per heavy atom. The van der Waals surface area contributed by atoms with Crippen LogP contribution in [0.15, 0.2) is 46.9 Å². The molecule has 2 aromatic rings. The second-order valence-corrected chi connectivity index (χ2v) is 5.04. The molecule has 0 unspecified atom stereocenters. The largest absolute Gasteiger partial charge is 0.421 e. The molecule has 6 nitrogen and oxygen atoms in total. The smallest absolute Gasteiger partial charge is 0.385 e. The van der Waals surface area contributed by atoms with Crippen LogP contribution in [0.25, 0.3) is 0 Å². The van der Waals surface area contributed by atoms with Crippen molar-refractivity contribution in [1.29, 1.82) is 0 Å². The summed E-state index contributed by atoms with van der Waals surface area (Å²) in [5.41, 5.74) is 1.97. The van der Waals surface area contributed by atoms with E-state index in [0.29, 0.717) is 0 Å². The predicted octanol–water partition coefficient (Wildman–Crippen LogP) is 1.90. The molecule has 1 aromatic carbocycles. The number of anilines is 1. The minimum absolute atomic E-state index is 0. The third-order valence-corrected chi connectivity index (χ3v) is 3.27. The first-order valence-electron chi connectivity index (χ1n) is 7.25. The van der Waals surface area contributed by atoms with Crippen molar-refractivity contribution in [3.63, 3.8) is 0 Å².